The lowest BCUT2D eigenvalue weighted by Gasteiger charge is -2.25. The third-order valence-corrected chi connectivity index (χ3v) is 3.26. The van der Waals surface area contributed by atoms with Crippen LogP contribution >= 0.6 is 0 Å². The van der Waals surface area contributed by atoms with Gasteiger partial charge in [0.05, 0.1) is 12.5 Å². The molecule has 1 aromatic carbocycles. The summed E-state index contributed by atoms with van der Waals surface area (Å²) >= 11 is 0. The molecule has 19 heavy (non-hydrogen) atoms. The zero-order chi connectivity index (χ0) is 13.4. The number of benzene rings is 1. The first-order valence-electron chi connectivity index (χ1n) is 5.96. The highest BCUT2D eigenvalue weighted by atomic mass is 16.4. The summed E-state index contributed by atoms with van der Waals surface area (Å²) in [5, 5.41) is 10.5. The normalized spacial score (nSPS) is 17.6. The molecule has 1 aliphatic heterocycles. The number of carboxylic acid groups (broad SMARTS) is 1. The minimum Gasteiger partial charge on any atom is -0.481 e. The number of rotatable bonds is 3. The van der Waals surface area contributed by atoms with Gasteiger partial charge in [0.15, 0.2) is 0 Å². The molecule has 5 nitrogen and oxygen atoms in total. The van der Waals surface area contributed by atoms with Gasteiger partial charge in [0.1, 0.15) is 0 Å². The van der Waals surface area contributed by atoms with Crippen LogP contribution < -0.4 is 5.01 Å². The molecule has 0 saturated heterocycles. The van der Waals surface area contributed by atoms with Crippen molar-refractivity contribution in [2.45, 2.75) is 12.5 Å². The van der Waals surface area contributed by atoms with Crippen LogP contribution in [0.5, 0.6) is 0 Å². The van der Waals surface area contributed by atoms with Crippen molar-refractivity contribution in [2.24, 2.45) is 0 Å². The summed E-state index contributed by atoms with van der Waals surface area (Å²) in [5.41, 5.74) is 1.34. The van der Waals surface area contributed by atoms with E-state index in [1.807, 2.05) is 12.1 Å². The van der Waals surface area contributed by atoms with E-state index < -0.39 is 12.0 Å². The van der Waals surface area contributed by atoms with Crippen LogP contribution in [0, 0.1) is 0 Å². The van der Waals surface area contributed by atoms with E-state index in [4.69, 9.17) is 5.11 Å². The number of nitrogens with zero attached hydrogens (tertiary/aromatic N) is 2. The van der Waals surface area contributed by atoms with Gasteiger partial charge in [-0.2, -0.15) is 0 Å². The quantitative estimate of drug-likeness (QED) is 0.910. The number of hydrogen-bond acceptors (Lipinski definition) is 2. The van der Waals surface area contributed by atoms with Gasteiger partial charge < -0.3 is 5.11 Å². The molecule has 0 spiro atoms. The average molecular weight is 256 g/mol. The first-order valence-corrected chi connectivity index (χ1v) is 5.96. The molecule has 2 heterocycles. The summed E-state index contributed by atoms with van der Waals surface area (Å²) in [4.78, 5) is 23.4. The van der Waals surface area contributed by atoms with Crippen molar-refractivity contribution in [1.82, 2.24) is 4.68 Å². The Kier molecular flexibility index (Phi) is 2.59. The summed E-state index contributed by atoms with van der Waals surface area (Å²) in [6, 6.07) is 10.3. The number of aromatic nitrogens is 1. The molecule has 0 aliphatic carbocycles. The number of fused-ring (bicyclic) bond motifs is 1. The van der Waals surface area contributed by atoms with Crippen molar-refractivity contribution in [3.05, 3.63) is 59.9 Å². The Labute approximate surface area is 109 Å². The Balaban J connectivity index is 2.09. The number of carbonyl (C=O) groups is 2. The molecule has 0 fully saturated rings. The highest BCUT2D eigenvalue weighted by Gasteiger charge is 2.38. The molecule has 0 saturated carbocycles. The number of carboxylic acids is 1. The lowest BCUT2D eigenvalue weighted by atomic mass is 10.0. The van der Waals surface area contributed by atoms with Crippen LogP contribution in [-0.2, 0) is 4.79 Å². The predicted octanol–water partition coefficient (Wildman–Crippen LogP) is 1.80. The smallest absolute Gasteiger partial charge is 0.305 e. The highest BCUT2D eigenvalue weighted by molar-refractivity contribution is 6.07. The highest BCUT2D eigenvalue weighted by Crippen LogP contribution is 2.34. The van der Waals surface area contributed by atoms with Gasteiger partial charge in [-0.25, -0.2) is 5.01 Å². The van der Waals surface area contributed by atoms with Gasteiger partial charge in [-0.3, -0.25) is 14.3 Å². The molecule has 1 amide bonds. The van der Waals surface area contributed by atoms with E-state index in [2.05, 4.69) is 0 Å². The molecule has 0 bridgehead atoms. The second-order valence-corrected chi connectivity index (χ2v) is 4.41. The fourth-order valence-electron chi connectivity index (χ4n) is 2.48. The Hall–Kier alpha value is -2.56. The molecule has 96 valence electrons. The third kappa shape index (κ3) is 1.79. The summed E-state index contributed by atoms with van der Waals surface area (Å²) in [6.07, 6.45) is 3.36. The van der Waals surface area contributed by atoms with Gasteiger partial charge in [-0.15, -0.1) is 0 Å². The fourth-order valence-corrected chi connectivity index (χ4v) is 2.48. The molecule has 1 N–H and O–H groups in total. The van der Waals surface area contributed by atoms with E-state index in [1.165, 1.54) is 5.01 Å². The largest absolute Gasteiger partial charge is 0.481 e. The van der Waals surface area contributed by atoms with Crippen molar-refractivity contribution in [3.63, 3.8) is 0 Å². The molecule has 1 atom stereocenters. The summed E-state index contributed by atoms with van der Waals surface area (Å²) < 4.78 is 1.63. The SMILES string of the molecule is O=C(O)CC1c2ccccc2C(=O)N1n1cccc1. The Morgan fingerprint density at radius 2 is 1.84 bits per heavy atom. The van der Waals surface area contributed by atoms with E-state index in [1.54, 1.807) is 41.3 Å². The maximum Gasteiger partial charge on any atom is 0.305 e. The molecular weight excluding hydrogens is 244 g/mol. The second-order valence-electron chi connectivity index (χ2n) is 4.41. The fraction of sp³-hybridized carbons (Fsp3) is 0.143. The van der Waals surface area contributed by atoms with E-state index in [0.29, 0.717) is 5.56 Å². The van der Waals surface area contributed by atoms with Crippen LogP contribution in [0.2, 0.25) is 0 Å². The standard InChI is InChI=1S/C14H12N2O3/c17-13(18)9-12-10-5-1-2-6-11(10)14(19)16(12)15-7-3-4-8-15/h1-8,12H,9H2,(H,17,18). The summed E-state index contributed by atoms with van der Waals surface area (Å²) in [5.74, 6) is -1.09. The molecule has 3 rings (SSSR count). The zero-order valence-electron chi connectivity index (χ0n) is 10.1. The van der Waals surface area contributed by atoms with Crippen molar-refractivity contribution in [2.75, 3.05) is 5.01 Å². The van der Waals surface area contributed by atoms with Crippen LogP contribution in [0.3, 0.4) is 0 Å². The molecule has 1 aliphatic rings. The lowest BCUT2D eigenvalue weighted by Crippen LogP contribution is -2.38. The van der Waals surface area contributed by atoms with Crippen molar-refractivity contribution in [3.8, 4) is 0 Å². The van der Waals surface area contributed by atoms with Crippen LogP contribution in [-0.4, -0.2) is 21.7 Å². The Morgan fingerprint density at radius 1 is 1.16 bits per heavy atom. The van der Waals surface area contributed by atoms with Gasteiger partial charge >= 0.3 is 5.97 Å². The first kappa shape index (κ1) is 11.5. The first-order chi connectivity index (χ1) is 9.18. The van der Waals surface area contributed by atoms with Crippen LogP contribution in [0.15, 0.2) is 48.8 Å². The number of carbonyl (C=O) groups excluding carboxylic acids is 1. The minimum absolute atomic E-state index is 0.110. The van der Waals surface area contributed by atoms with Gasteiger partial charge in [0, 0.05) is 18.0 Å². The molecule has 1 unspecified atom stereocenters. The maximum absolute atomic E-state index is 12.4. The summed E-state index contributed by atoms with van der Waals surface area (Å²) in [7, 11) is 0. The number of aliphatic carboxylic acids is 1. The maximum atomic E-state index is 12.4. The molecule has 0 radical (unpaired) electrons. The van der Waals surface area contributed by atoms with Crippen molar-refractivity contribution >= 4 is 11.9 Å². The second kappa shape index (κ2) is 4.28. The molecule has 1 aromatic heterocycles. The third-order valence-electron chi connectivity index (χ3n) is 3.26. The van der Waals surface area contributed by atoms with E-state index >= 15 is 0 Å². The van der Waals surface area contributed by atoms with Crippen LogP contribution in [0.4, 0.5) is 0 Å². The minimum atomic E-state index is -0.924. The van der Waals surface area contributed by atoms with E-state index in [0.717, 1.165) is 5.56 Å². The van der Waals surface area contributed by atoms with Crippen LogP contribution in [0.1, 0.15) is 28.4 Å². The topological polar surface area (TPSA) is 62.5 Å². The summed E-state index contributed by atoms with van der Waals surface area (Å²) in [6.45, 7) is 0. The number of hydrogen-bond donors (Lipinski definition) is 1. The molecular formula is C14H12N2O3. The van der Waals surface area contributed by atoms with Gasteiger partial charge in [-0.05, 0) is 23.8 Å². The van der Waals surface area contributed by atoms with Crippen LogP contribution in [0.25, 0.3) is 0 Å². The van der Waals surface area contributed by atoms with E-state index in [9.17, 15) is 9.59 Å². The van der Waals surface area contributed by atoms with E-state index in [-0.39, 0.29) is 12.3 Å². The predicted molar refractivity (Wildman–Crippen MR) is 68.4 cm³/mol. The molecule has 5 heteroatoms. The van der Waals surface area contributed by atoms with Crippen molar-refractivity contribution in [1.29, 1.82) is 0 Å². The Bertz CT molecular complexity index is 634. The monoisotopic (exact) mass is 256 g/mol. The van der Waals surface area contributed by atoms with Gasteiger partial charge in [0.2, 0.25) is 0 Å². The van der Waals surface area contributed by atoms with Crippen molar-refractivity contribution < 1.29 is 14.7 Å². The average Bonchev–Trinajstić information content (AvgIpc) is 2.98. The Morgan fingerprint density at radius 3 is 2.53 bits per heavy atom. The lowest BCUT2D eigenvalue weighted by molar-refractivity contribution is -0.137. The van der Waals surface area contributed by atoms with Gasteiger partial charge in [0.25, 0.3) is 5.91 Å². The zero-order valence-corrected chi connectivity index (χ0v) is 10.1. The molecule has 2 aromatic rings. The van der Waals surface area contributed by atoms with Gasteiger partial charge in [-0.1, -0.05) is 18.2 Å². The number of amides is 1.